The molecule has 26 heavy (non-hydrogen) atoms. The average Bonchev–Trinajstić information content (AvgIpc) is 2.60. The van der Waals surface area contributed by atoms with Crippen LogP contribution in [0, 0.1) is 12.8 Å². The summed E-state index contributed by atoms with van der Waals surface area (Å²) in [6.07, 6.45) is 4.15. The van der Waals surface area contributed by atoms with Gasteiger partial charge in [0, 0.05) is 18.1 Å². The largest absolute Gasteiger partial charge is 0.325 e. The highest BCUT2D eigenvalue weighted by Gasteiger charge is 2.17. The normalized spacial score (nSPS) is 12.3. The Labute approximate surface area is 153 Å². The lowest BCUT2D eigenvalue weighted by Crippen LogP contribution is -2.39. The topological polar surface area (TPSA) is 80.9 Å². The van der Waals surface area contributed by atoms with Crippen molar-refractivity contribution in [1.29, 1.82) is 0 Å². The van der Waals surface area contributed by atoms with Gasteiger partial charge in [-0.3, -0.25) is 14.8 Å². The molecule has 134 valence electrons. The Kier molecular flexibility index (Phi) is 5.28. The standard InChI is InChI=1S/C21H24N4O/c1-13(2)20(22)21(26)25-17-9-14(3)8-16(11-17)10-15-4-5-18-19(12-15)24-7-6-23-18/h4-9,11-13,20H,10,22H2,1-3H3,(H,25,26)/t20-/m0/s1. The Morgan fingerprint density at radius 3 is 2.50 bits per heavy atom. The second kappa shape index (κ2) is 7.62. The van der Waals surface area contributed by atoms with Crippen LogP contribution in [-0.2, 0) is 11.2 Å². The molecule has 3 N–H and O–H groups in total. The summed E-state index contributed by atoms with van der Waals surface area (Å²) in [6, 6.07) is 11.7. The van der Waals surface area contributed by atoms with Gasteiger partial charge in [0.2, 0.25) is 5.91 Å². The van der Waals surface area contributed by atoms with Crippen LogP contribution < -0.4 is 11.1 Å². The molecule has 1 amide bonds. The summed E-state index contributed by atoms with van der Waals surface area (Å²) in [5.74, 6) is -0.0597. The number of nitrogens with zero attached hydrogens (tertiary/aromatic N) is 2. The van der Waals surface area contributed by atoms with Crippen LogP contribution in [0.2, 0.25) is 0 Å². The molecule has 0 unspecified atom stereocenters. The number of fused-ring (bicyclic) bond motifs is 1. The molecule has 1 heterocycles. The molecule has 0 saturated heterocycles. The number of aromatic nitrogens is 2. The average molecular weight is 348 g/mol. The van der Waals surface area contributed by atoms with Gasteiger partial charge in [-0.05, 0) is 60.2 Å². The van der Waals surface area contributed by atoms with Crippen LogP contribution in [0.3, 0.4) is 0 Å². The van der Waals surface area contributed by atoms with Gasteiger partial charge in [-0.2, -0.15) is 0 Å². The summed E-state index contributed by atoms with van der Waals surface area (Å²) < 4.78 is 0. The molecule has 1 atom stereocenters. The fourth-order valence-corrected chi connectivity index (χ4v) is 2.92. The van der Waals surface area contributed by atoms with Crippen molar-refractivity contribution in [2.45, 2.75) is 33.2 Å². The minimum absolute atomic E-state index is 0.0954. The number of nitrogens with one attached hydrogen (secondary N) is 1. The number of rotatable bonds is 5. The Morgan fingerprint density at radius 1 is 1.04 bits per heavy atom. The van der Waals surface area contributed by atoms with E-state index in [2.05, 4.69) is 33.5 Å². The zero-order valence-corrected chi connectivity index (χ0v) is 15.4. The van der Waals surface area contributed by atoms with Gasteiger partial charge in [0.05, 0.1) is 17.1 Å². The number of hydrogen-bond donors (Lipinski definition) is 2. The van der Waals surface area contributed by atoms with Gasteiger partial charge >= 0.3 is 0 Å². The van der Waals surface area contributed by atoms with Crippen LogP contribution in [0.4, 0.5) is 5.69 Å². The monoisotopic (exact) mass is 348 g/mol. The first-order chi connectivity index (χ1) is 12.4. The van der Waals surface area contributed by atoms with Gasteiger partial charge in [0.1, 0.15) is 0 Å². The van der Waals surface area contributed by atoms with Crippen molar-refractivity contribution in [3.05, 3.63) is 65.5 Å². The van der Waals surface area contributed by atoms with Gasteiger partial charge in [0.15, 0.2) is 0 Å². The quantitative estimate of drug-likeness (QED) is 0.740. The van der Waals surface area contributed by atoms with E-state index in [1.807, 2.05) is 39.0 Å². The summed E-state index contributed by atoms with van der Waals surface area (Å²) in [4.78, 5) is 20.9. The van der Waals surface area contributed by atoms with Gasteiger partial charge in [-0.1, -0.05) is 26.0 Å². The zero-order chi connectivity index (χ0) is 18.7. The molecule has 0 saturated carbocycles. The molecule has 5 heteroatoms. The molecule has 0 aliphatic heterocycles. The lowest BCUT2D eigenvalue weighted by atomic mass is 10.0. The molecule has 5 nitrogen and oxygen atoms in total. The summed E-state index contributed by atoms with van der Waals surface area (Å²) in [5.41, 5.74) is 11.9. The number of benzene rings is 2. The van der Waals surface area contributed by atoms with Crippen molar-refractivity contribution in [2.24, 2.45) is 11.7 Å². The van der Waals surface area contributed by atoms with E-state index in [1.165, 1.54) is 0 Å². The maximum absolute atomic E-state index is 12.2. The van der Waals surface area contributed by atoms with Crippen LogP contribution in [0.15, 0.2) is 48.8 Å². The van der Waals surface area contributed by atoms with Gasteiger partial charge < -0.3 is 11.1 Å². The Bertz CT molecular complexity index is 936. The second-order valence-corrected chi connectivity index (χ2v) is 7.02. The number of carbonyl (C=O) groups is 1. The second-order valence-electron chi connectivity index (χ2n) is 7.02. The van der Waals surface area contributed by atoms with Crippen molar-refractivity contribution in [2.75, 3.05) is 5.32 Å². The smallest absolute Gasteiger partial charge is 0.241 e. The molecule has 0 aliphatic rings. The highest BCUT2D eigenvalue weighted by Crippen LogP contribution is 2.20. The summed E-state index contributed by atoms with van der Waals surface area (Å²) in [6.45, 7) is 5.90. The third-order valence-electron chi connectivity index (χ3n) is 4.37. The maximum Gasteiger partial charge on any atom is 0.241 e. The Hall–Kier alpha value is -2.79. The van der Waals surface area contributed by atoms with Crippen LogP contribution in [0.1, 0.15) is 30.5 Å². The van der Waals surface area contributed by atoms with Crippen molar-refractivity contribution in [3.63, 3.8) is 0 Å². The Morgan fingerprint density at radius 2 is 1.77 bits per heavy atom. The van der Waals surface area contributed by atoms with E-state index in [-0.39, 0.29) is 11.8 Å². The molecule has 0 bridgehead atoms. The molecule has 0 fully saturated rings. The summed E-state index contributed by atoms with van der Waals surface area (Å²) >= 11 is 0. The summed E-state index contributed by atoms with van der Waals surface area (Å²) in [5, 5.41) is 2.93. The van der Waals surface area contributed by atoms with Crippen LogP contribution >= 0.6 is 0 Å². The highest BCUT2D eigenvalue weighted by molar-refractivity contribution is 5.95. The minimum atomic E-state index is -0.516. The van der Waals surface area contributed by atoms with Crippen LogP contribution in [-0.4, -0.2) is 21.9 Å². The fourth-order valence-electron chi connectivity index (χ4n) is 2.92. The van der Waals surface area contributed by atoms with Gasteiger partial charge in [-0.15, -0.1) is 0 Å². The van der Waals surface area contributed by atoms with Crippen molar-refractivity contribution < 1.29 is 4.79 Å². The molecule has 3 rings (SSSR count). The Balaban J connectivity index is 1.81. The molecule has 1 aromatic heterocycles. The lowest BCUT2D eigenvalue weighted by molar-refractivity contribution is -0.118. The number of amides is 1. The first-order valence-electron chi connectivity index (χ1n) is 8.79. The number of anilines is 1. The molecular weight excluding hydrogens is 324 g/mol. The van der Waals surface area contributed by atoms with E-state index in [1.54, 1.807) is 12.4 Å². The molecule has 0 aliphatic carbocycles. The van der Waals surface area contributed by atoms with Crippen molar-refractivity contribution in [1.82, 2.24) is 9.97 Å². The summed E-state index contributed by atoms with van der Waals surface area (Å²) in [7, 11) is 0. The maximum atomic E-state index is 12.2. The molecule has 3 aromatic rings. The minimum Gasteiger partial charge on any atom is -0.325 e. The molecule has 2 aromatic carbocycles. The lowest BCUT2D eigenvalue weighted by Gasteiger charge is -2.16. The first kappa shape index (κ1) is 18.0. The number of hydrogen-bond acceptors (Lipinski definition) is 4. The van der Waals surface area contributed by atoms with E-state index in [0.29, 0.717) is 0 Å². The zero-order valence-electron chi connectivity index (χ0n) is 15.4. The predicted molar refractivity (Wildman–Crippen MR) is 105 cm³/mol. The first-order valence-corrected chi connectivity index (χ1v) is 8.79. The number of nitrogens with two attached hydrogens (primary N) is 1. The van der Waals surface area contributed by atoms with E-state index in [4.69, 9.17) is 5.73 Å². The third-order valence-corrected chi connectivity index (χ3v) is 4.37. The predicted octanol–water partition coefficient (Wildman–Crippen LogP) is 3.45. The number of carbonyl (C=O) groups excluding carboxylic acids is 1. The van der Waals surface area contributed by atoms with Crippen molar-refractivity contribution in [3.8, 4) is 0 Å². The van der Waals surface area contributed by atoms with E-state index in [0.717, 1.165) is 39.8 Å². The number of aryl methyl sites for hydroxylation is 1. The molecule has 0 spiro atoms. The van der Waals surface area contributed by atoms with Gasteiger partial charge in [-0.25, -0.2) is 0 Å². The fraction of sp³-hybridized carbons (Fsp3) is 0.286. The van der Waals surface area contributed by atoms with Crippen molar-refractivity contribution >= 4 is 22.6 Å². The molecular formula is C21H24N4O. The SMILES string of the molecule is Cc1cc(Cc2ccc3nccnc3c2)cc(NC(=O)[C@@H](N)C(C)C)c1. The van der Waals surface area contributed by atoms with E-state index >= 15 is 0 Å². The molecule has 0 radical (unpaired) electrons. The van der Waals surface area contributed by atoms with E-state index < -0.39 is 6.04 Å². The highest BCUT2D eigenvalue weighted by atomic mass is 16.2. The van der Waals surface area contributed by atoms with Crippen LogP contribution in [0.5, 0.6) is 0 Å². The van der Waals surface area contributed by atoms with E-state index in [9.17, 15) is 4.79 Å². The third kappa shape index (κ3) is 4.24. The van der Waals surface area contributed by atoms with Crippen LogP contribution in [0.25, 0.3) is 11.0 Å². The van der Waals surface area contributed by atoms with Gasteiger partial charge in [0.25, 0.3) is 0 Å².